The average molecular weight is 589 g/mol. The van der Waals surface area contributed by atoms with Gasteiger partial charge in [-0.3, -0.25) is 0 Å². The number of benzene rings is 8. The number of para-hydroxylation sites is 1. The van der Waals surface area contributed by atoms with Gasteiger partial charge in [-0.2, -0.15) is 0 Å². The minimum Gasteiger partial charge on any atom is -0.436 e. The third-order valence-corrected chi connectivity index (χ3v) is 8.90. The average Bonchev–Trinajstić information content (AvgIpc) is 3.58. The van der Waals surface area contributed by atoms with Crippen LogP contribution < -0.4 is 4.90 Å². The van der Waals surface area contributed by atoms with Crippen LogP contribution in [-0.2, 0) is 0 Å². The summed E-state index contributed by atoms with van der Waals surface area (Å²) in [4.78, 5) is 7.29. The molecule has 0 saturated heterocycles. The van der Waals surface area contributed by atoms with Crippen molar-refractivity contribution in [2.24, 2.45) is 0 Å². The van der Waals surface area contributed by atoms with E-state index in [0.717, 1.165) is 39.1 Å². The van der Waals surface area contributed by atoms with Gasteiger partial charge in [-0.25, -0.2) is 4.98 Å². The molecule has 9 rings (SSSR count). The molecule has 216 valence electrons. The van der Waals surface area contributed by atoms with Crippen molar-refractivity contribution in [1.29, 1.82) is 0 Å². The summed E-state index contributed by atoms with van der Waals surface area (Å²) in [5.74, 6) is 0.643. The van der Waals surface area contributed by atoms with E-state index in [9.17, 15) is 0 Å². The molecule has 0 atom stereocenters. The van der Waals surface area contributed by atoms with E-state index in [-0.39, 0.29) is 0 Å². The van der Waals surface area contributed by atoms with Crippen molar-refractivity contribution in [3.63, 3.8) is 0 Å². The minimum atomic E-state index is 0.643. The van der Waals surface area contributed by atoms with Crippen molar-refractivity contribution in [2.75, 3.05) is 4.90 Å². The standard InChI is InChI=1S/C43H28N2O/c1-4-11-29(12-5-1)30-19-21-33(22-20-30)45(32-15-8-3-9-16-32)40-18-10-17-34-35-24-26-39-37(36(35)23-25-38(34)40)27-28-41-42(39)44-43(46-41)31-13-6-2-7-14-31/h1-28H. The third-order valence-electron chi connectivity index (χ3n) is 8.90. The van der Waals surface area contributed by atoms with E-state index in [1.54, 1.807) is 0 Å². The first kappa shape index (κ1) is 26.2. The van der Waals surface area contributed by atoms with Crippen molar-refractivity contribution < 1.29 is 4.42 Å². The molecule has 0 N–H and O–H groups in total. The fraction of sp³-hybridized carbons (Fsp3) is 0. The number of nitrogens with zero attached hydrogens (tertiary/aromatic N) is 2. The number of aromatic nitrogens is 1. The van der Waals surface area contributed by atoms with Gasteiger partial charge in [0.25, 0.3) is 0 Å². The summed E-state index contributed by atoms with van der Waals surface area (Å²) in [6.45, 7) is 0. The normalized spacial score (nSPS) is 11.5. The summed E-state index contributed by atoms with van der Waals surface area (Å²) in [6.07, 6.45) is 0. The molecule has 3 heteroatoms. The second-order valence-electron chi connectivity index (χ2n) is 11.6. The zero-order chi connectivity index (χ0) is 30.5. The molecule has 0 aliphatic rings. The fourth-order valence-electron chi connectivity index (χ4n) is 6.70. The smallest absolute Gasteiger partial charge is 0.227 e. The Morgan fingerprint density at radius 2 is 0.891 bits per heavy atom. The lowest BCUT2D eigenvalue weighted by atomic mass is 9.95. The number of fused-ring (bicyclic) bond motifs is 7. The molecule has 1 aromatic heterocycles. The third kappa shape index (κ3) is 4.33. The van der Waals surface area contributed by atoms with Gasteiger partial charge in [0.15, 0.2) is 5.58 Å². The lowest BCUT2D eigenvalue weighted by Crippen LogP contribution is -2.10. The van der Waals surface area contributed by atoms with E-state index < -0.39 is 0 Å². The van der Waals surface area contributed by atoms with Gasteiger partial charge >= 0.3 is 0 Å². The molecule has 3 nitrogen and oxygen atoms in total. The van der Waals surface area contributed by atoms with Gasteiger partial charge in [-0.1, -0.05) is 115 Å². The molecule has 1 heterocycles. The van der Waals surface area contributed by atoms with E-state index in [4.69, 9.17) is 9.40 Å². The topological polar surface area (TPSA) is 29.3 Å². The number of hydrogen-bond acceptors (Lipinski definition) is 3. The molecule has 0 amide bonds. The van der Waals surface area contributed by atoms with Gasteiger partial charge in [-0.05, 0) is 87.3 Å². The van der Waals surface area contributed by atoms with Crippen LogP contribution in [-0.4, -0.2) is 4.98 Å². The van der Waals surface area contributed by atoms with E-state index in [1.807, 2.05) is 36.4 Å². The largest absolute Gasteiger partial charge is 0.436 e. The summed E-state index contributed by atoms with van der Waals surface area (Å²) < 4.78 is 6.19. The second kappa shape index (κ2) is 10.8. The highest BCUT2D eigenvalue weighted by atomic mass is 16.3. The van der Waals surface area contributed by atoms with Crippen LogP contribution in [0.4, 0.5) is 17.1 Å². The number of rotatable bonds is 5. The van der Waals surface area contributed by atoms with Crippen LogP contribution in [0.5, 0.6) is 0 Å². The molecule has 8 aromatic carbocycles. The van der Waals surface area contributed by atoms with Crippen LogP contribution in [0.2, 0.25) is 0 Å². The Bertz CT molecular complexity index is 2500. The SMILES string of the molecule is c1ccc(-c2ccc(N(c3ccccc3)c3cccc4c3ccc3c4ccc4c3ccc3oc(-c5ccccc5)nc34)cc2)cc1. The predicted molar refractivity (Wildman–Crippen MR) is 192 cm³/mol. The monoisotopic (exact) mass is 588 g/mol. The Hall–Kier alpha value is -6.19. The van der Waals surface area contributed by atoms with Gasteiger partial charge in [0.1, 0.15) is 5.52 Å². The van der Waals surface area contributed by atoms with Crippen LogP contribution in [0, 0.1) is 0 Å². The molecule has 46 heavy (non-hydrogen) atoms. The number of hydrogen-bond donors (Lipinski definition) is 0. The molecular formula is C43H28N2O. The highest BCUT2D eigenvalue weighted by molar-refractivity contribution is 6.22. The minimum absolute atomic E-state index is 0.643. The number of oxazole rings is 1. The zero-order valence-corrected chi connectivity index (χ0v) is 25.0. The van der Waals surface area contributed by atoms with Gasteiger partial charge in [0, 0.05) is 27.7 Å². The lowest BCUT2D eigenvalue weighted by Gasteiger charge is -2.27. The van der Waals surface area contributed by atoms with Crippen molar-refractivity contribution in [1.82, 2.24) is 4.98 Å². The molecular weight excluding hydrogens is 560 g/mol. The molecule has 0 aliphatic heterocycles. The van der Waals surface area contributed by atoms with Crippen LogP contribution in [0.25, 0.3) is 66.0 Å². The summed E-state index contributed by atoms with van der Waals surface area (Å²) in [5.41, 5.74) is 8.44. The van der Waals surface area contributed by atoms with Crippen LogP contribution in [0.1, 0.15) is 0 Å². The molecule has 9 aromatic rings. The fourth-order valence-corrected chi connectivity index (χ4v) is 6.70. The first-order valence-electron chi connectivity index (χ1n) is 15.6. The highest BCUT2D eigenvalue weighted by Crippen LogP contribution is 2.42. The van der Waals surface area contributed by atoms with Crippen LogP contribution >= 0.6 is 0 Å². The second-order valence-corrected chi connectivity index (χ2v) is 11.6. The van der Waals surface area contributed by atoms with Gasteiger partial charge in [0.2, 0.25) is 5.89 Å². The number of anilines is 3. The molecule has 0 bridgehead atoms. The first-order chi connectivity index (χ1) is 22.8. The van der Waals surface area contributed by atoms with Crippen molar-refractivity contribution in [3.05, 3.63) is 170 Å². The Balaban J connectivity index is 1.21. The Morgan fingerprint density at radius 1 is 0.370 bits per heavy atom. The van der Waals surface area contributed by atoms with Crippen molar-refractivity contribution >= 4 is 60.5 Å². The summed E-state index contributed by atoms with van der Waals surface area (Å²) >= 11 is 0. The maximum atomic E-state index is 6.19. The maximum absolute atomic E-state index is 6.19. The zero-order valence-electron chi connectivity index (χ0n) is 25.0. The lowest BCUT2D eigenvalue weighted by molar-refractivity contribution is 0.620. The van der Waals surface area contributed by atoms with Gasteiger partial charge < -0.3 is 9.32 Å². The van der Waals surface area contributed by atoms with E-state index in [0.29, 0.717) is 5.89 Å². The highest BCUT2D eigenvalue weighted by Gasteiger charge is 2.18. The van der Waals surface area contributed by atoms with Gasteiger partial charge in [-0.15, -0.1) is 0 Å². The Labute approximate surface area is 266 Å². The maximum Gasteiger partial charge on any atom is 0.227 e. The van der Waals surface area contributed by atoms with E-state index in [1.165, 1.54) is 38.1 Å². The van der Waals surface area contributed by atoms with Crippen molar-refractivity contribution in [3.8, 4) is 22.6 Å². The van der Waals surface area contributed by atoms with Crippen molar-refractivity contribution in [2.45, 2.75) is 0 Å². The molecule has 0 fully saturated rings. The molecule has 0 saturated carbocycles. The summed E-state index contributed by atoms with van der Waals surface area (Å²) in [6, 6.07) is 59.9. The van der Waals surface area contributed by atoms with E-state index in [2.05, 4.69) is 138 Å². The van der Waals surface area contributed by atoms with Crippen LogP contribution in [0.3, 0.4) is 0 Å². The summed E-state index contributed by atoms with van der Waals surface area (Å²) in [5, 5.41) is 7.08. The molecule has 0 radical (unpaired) electrons. The molecule has 0 unspecified atom stereocenters. The Kier molecular flexibility index (Phi) is 6.14. The quantitative estimate of drug-likeness (QED) is 0.187. The van der Waals surface area contributed by atoms with Gasteiger partial charge in [0.05, 0.1) is 5.69 Å². The molecule has 0 aliphatic carbocycles. The first-order valence-corrected chi connectivity index (χ1v) is 15.6. The summed E-state index contributed by atoms with van der Waals surface area (Å²) in [7, 11) is 0. The molecule has 0 spiro atoms. The van der Waals surface area contributed by atoms with Crippen LogP contribution in [0.15, 0.2) is 174 Å². The van der Waals surface area contributed by atoms with E-state index >= 15 is 0 Å². The Morgan fingerprint density at radius 3 is 1.61 bits per heavy atom. The predicted octanol–water partition coefficient (Wildman–Crippen LogP) is 12.1.